The zero-order valence-corrected chi connectivity index (χ0v) is 14.1. The number of ether oxygens (including phenoxy) is 1. The Morgan fingerprint density at radius 2 is 1.95 bits per heavy atom. The van der Waals surface area contributed by atoms with Crippen LogP contribution in [0, 0.1) is 0 Å². The quantitative estimate of drug-likeness (QED) is 0.447. The van der Waals surface area contributed by atoms with Gasteiger partial charge in [-0.1, -0.05) is 46.3 Å². The molecule has 2 aromatic carbocycles. The average molecular weight is 361 g/mol. The minimum Gasteiger partial charge on any atom is -0.488 e. The molecule has 0 radical (unpaired) electrons. The second-order valence-corrected chi connectivity index (χ2v) is 5.79. The number of Topliss-reactive ketones (excluding diaryl/α,β-unsaturated/α-hetero) is 1. The third-order valence-electron chi connectivity index (χ3n) is 2.85. The van der Waals surface area contributed by atoms with E-state index in [9.17, 15) is 4.79 Å². The van der Waals surface area contributed by atoms with Crippen molar-refractivity contribution in [1.82, 2.24) is 5.01 Å². The van der Waals surface area contributed by atoms with Gasteiger partial charge in [0.1, 0.15) is 12.4 Å². The highest BCUT2D eigenvalue weighted by atomic mass is 79.9. The molecule has 2 aromatic rings. The summed E-state index contributed by atoms with van der Waals surface area (Å²) in [6, 6.07) is 15.2. The Morgan fingerprint density at radius 3 is 2.64 bits per heavy atom. The molecule has 0 N–H and O–H groups in total. The molecule has 0 unspecified atom stereocenters. The summed E-state index contributed by atoms with van der Waals surface area (Å²) in [4.78, 5) is 12.3. The van der Waals surface area contributed by atoms with Crippen LogP contribution >= 0.6 is 15.9 Å². The fraction of sp³-hybridized carbons (Fsp3) is 0.176. The zero-order chi connectivity index (χ0) is 15.9. The number of rotatable bonds is 6. The van der Waals surface area contributed by atoms with E-state index in [0.717, 1.165) is 10.0 Å². The molecule has 5 heteroatoms. The Balaban J connectivity index is 2.18. The van der Waals surface area contributed by atoms with Crippen molar-refractivity contribution in [3.63, 3.8) is 0 Å². The molecule has 0 bridgehead atoms. The molecule has 22 heavy (non-hydrogen) atoms. The van der Waals surface area contributed by atoms with Gasteiger partial charge in [0.15, 0.2) is 0 Å². The molecule has 114 valence electrons. The molecule has 0 aromatic heterocycles. The number of carbonyl (C=O) groups is 1. The maximum Gasteiger partial charge on any atom is 0.209 e. The number of carbonyl (C=O) groups excluding carboxylic acids is 1. The van der Waals surface area contributed by atoms with E-state index in [0.29, 0.717) is 17.9 Å². The fourth-order valence-corrected chi connectivity index (χ4v) is 2.15. The first-order valence-electron chi connectivity index (χ1n) is 6.78. The summed E-state index contributed by atoms with van der Waals surface area (Å²) >= 11 is 3.38. The van der Waals surface area contributed by atoms with Gasteiger partial charge in [-0.15, -0.1) is 0 Å². The highest BCUT2D eigenvalue weighted by Gasteiger charge is 2.12. The lowest BCUT2D eigenvalue weighted by atomic mass is 10.1. The summed E-state index contributed by atoms with van der Waals surface area (Å²) in [6.45, 7) is 0.410. The number of hydrazone groups is 1. The maximum atomic E-state index is 12.3. The molecule has 0 saturated carbocycles. The van der Waals surface area contributed by atoms with Gasteiger partial charge in [-0.05, 0) is 23.8 Å². The maximum absolute atomic E-state index is 12.3. The van der Waals surface area contributed by atoms with Gasteiger partial charge < -0.3 is 9.75 Å². The number of halogens is 1. The van der Waals surface area contributed by atoms with E-state index in [-0.39, 0.29) is 5.78 Å². The van der Waals surface area contributed by atoms with Gasteiger partial charge in [0.2, 0.25) is 5.78 Å². The van der Waals surface area contributed by atoms with E-state index in [1.165, 1.54) is 6.21 Å². The van der Waals surface area contributed by atoms with Crippen LogP contribution in [0.25, 0.3) is 0 Å². The molecule has 0 spiro atoms. The van der Waals surface area contributed by atoms with Crippen molar-refractivity contribution in [3.05, 3.63) is 64.1 Å². The highest BCUT2D eigenvalue weighted by Crippen LogP contribution is 2.24. The van der Waals surface area contributed by atoms with E-state index in [4.69, 9.17) is 4.74 Å². The normalized spacial score (nSPS) is 10.7. The van der Waals surface area contributed by atoms with Crippen LogP contribution in [0.1, 0.15) is 15.9 Å². The van der Waals surface area contributed by atoms with Crippen molar-refractivity contribution < 1.29 is 9.53 Å². The zero-order valence-electron chi connectivity index (χ0n) is 12.5. The molecule has 0 amide bonds. The summed E-state index contributed by atoms with van der Waals surface area (Å²) in [5, 5.41) is 5.55. The van der Waals surface area contributed by atoms with Gasteiger partial charge in [0.05, 0.1) is 11.8 Å². The first kappa shape index (κ1) is 16.2. The second-order valence-electron chi connectivity index (χ2n) is 4.87. The van der Waals surface area contributed by atoms with Crippen LogP contribution < -0.4 is 4.74 Å². The molecular formula is C17H17BrN2O2. The summed E-state index contributed by atoms with van der Waals surface area (Å²) in [6.07, 6.45) is 1.29. The Morgan fingerprint density at radius 1 is 1.23 bits per heavy atom. The van der Waals surface area contributed by atoms with E-state index >= 15 is 0 Å². The lowest BCUT2D eigenvalue weighted by Crippen LogP contribution is -2.09. The summed E-state index contributed by atoms with van der Waals surface area (Å²) in [7, 11) is 3.52. The van der Waals surface area contributed by atoms with Crippen molar-refractivity contribution in [1.29, 1.82) is 0 Å². The van der Waals surface area contributed by atoms with Crippen molar-refractivity contribution in [3.8, 4) is 5.75 Å². The van der Waals surface area contributed by atoms with E-state index < -0.39 is 0 Å². The average Bonchev–Trinajstić information content (AvgIpc) is 2.52. The number of benzene rings is 2. The largest absolute Gasteiger partial charge is 0.488 e. The second kappa shape index (κ2) is 7.75. The van der Waals surface area contributed by atoms with Crippen LogP contribution in [-0.4, -0.2) is 31.1 Å². The van der Waals surface area contributed by atoms with Crippen LogP contribution in [0.5, 0.6) is 5.75 Å². The smallest absolute Gasteiger partial charge is 0.209 e. The molecule has 0 heterocycles. The fourth-order valence-electron chi connectivity index (χ4n) is 1.79. The van der Waals surface area contributed by atoms with Gasteiger partial charge in [0.25, 0.3) is 0 Å². The number of hydrogen-bond donors (Lipinski definition) is 0. The monoisotopic (exact) mass is 360 g/mol. The first-order chi connectivity index (χ1) is 10.6. The van der Waals surface area contributed by atoms with Crippen LogP contribution in [0.15, 0.2) is 58.1 Å². The molecule has 0 saturated heterocycles. The van der Waals surface area contributed by atoms with Crippen molar-refractivity contribution in [2.45, 2.75) is 6.61 Å². The van der Waals surface area contributed by atoms with Gasteiger partial charge in [0, 0.05) is 18.6 Å². The van der Waals surface area contributed by atoms with Crippen molar-refractivity contribution in [2.24, 2.45) is 5.10 Å². The molecule has 0 atom stereocenters. The Labute approximate surface area is 138 Å². The Hall–Kier alpha value is -2.14. The molecule has 0 aliphatic heterocycles. The number of nitrogens with zero attached hydrogens (tertiary/aromatic N) is 2. The van der Waals surface area contributed by atoms with Crippen LogP contribution in [-0.2, 0) is 6.61 Å². The van der Waals surface area contributed by atoms with Crippen LogP contribution in [0.4, 0.5) is 0 Å². The molecule has 0 fully saturated rings. The third kappa shape index (κ3) is 4.70. The Kier molecular flexibility index (Phi) is 5.72. The van der Waals surface area contributed by atoms with Crippen LogP contribution in [0.2, 0.25) is 0 Å². The first-order valence-corrected chi connectivity index (χ1v) is 7.57. The van der Waals surface area contributed by atoms with E-state index in [1.54, 1.807) is 31.2 Å². The van der Waals surface area contributed by atoms with Gasteiger partial charge in [-0.2, -0.15) is 5.10 Å². The number of ketones is 1. The molecular weight excluding hydrogens is 344 g/mol. The molecule has 2 rings (SSSR count). The standard InChI is InChI=1S/C17H17BrN2O2/c1-20(2)19-11-16(21)15-10-14(18)8-9-17(15)22-12-13-6-4-3-5-7-13/h3-11H,12H2,1-2H3/b19-11+. The predicted octanol–water partition coefficient (Wildman–Crippen LogP) is 3.76. The molecule has 0 aliphatic carbocycles. The van der Waals surface area contributed by atoms with E-state index in [2.05, 4.69) is 21.0 Å². The van der Waals surface area contributed by atoms with Crippen molar-refractivity contribution in [2.75, 3.05) is 14.1 Å². The van der Waals surface area contributed by atoms with Gasteiger partial charge >= 0.3 is 0 Å². The van der Waals surface area contributed by atoms with Gasteiger partial charge in [-0.3, -0.25) is 4.79 Å². The lowest BCUT2D eigenvalue weighted by Gasteiger charge is -2.10. The number of hydrogen-bond acceptors (Lipinski definition) is 4. The topological polar surface area (TPSA) is 41.9 Å². The summed E-state index contributed by atoms with van der Waals surface area (Å²) < 4.78 is 6.61. The minimum absolute atomic E-state index is 0.196. The summed E-state index contributed by atoms with van der Waals surface area (Å²) in [5.41, 5.74) is 1.53. The van der Waals surface area contributed by atoms with Gasteiger partial charge in [-0.25, -0.2) is 0 Å². The Bertz CT molecular complexity index is 670. The molecule has 4 nitrogen and oxygen atoms in total. The third-order valence-corrected chi connectivity index (χ3v) is 3.34. The SMILES string of the molecule is CN(C)/N=C/C(=O)c1cc(Br)ccc1OCc1ccccc1. The van der Waals surface area contributed by atoms with E-state index in [1.807, 2.05) is 36.4 Å². The highest BCUT2D eigenvalue weighted by molar-refractivity contribution is 9.10. The van der Waals surface area contributed by atoms with Crippen LogP contribution in [0.3, 0.4) is 0 Å². The molecule has 0 aliphatic rings. The predicted molar refractivity (Wildman–Crippen MR) is 91.4 cm³/mol. The van der Waals surface area contributed by atoms with Crippen molar-refractivity contribution >= 4 is 27.9 Å². The minimum atomic E-state index is -0.196. The summed E-state index contributed by atoms with van der Waals surface area (Å²) in [5.74, 6) is 0.348. The lowest BCUT2D eigenvalue weighted by molar-refractivity contribution is 0.106.